The lowest BCUT2D eigenvalue weighted by Gasteiger charge is -2.60. The first kappa shape index (κ1) is 12.0. The number of hydrogen-bond donors (Lipinski definition) is 1. The SMILES string of the molecule is CN(C)CCCC12C[C@@H]3CC(C[C@@H](C3)C1)[C@H]2O. The van der Waals surface area contributed by atoms with Crippen molar-refractivity contribution in [1.82, 2.24) is 4.90 Å². The van der Waals surface area contributed by atoms with E-state index in [2.05, 4.69) is 19.0 Å². The molecule has 4 rings (SSSR count). The Balaban J connectivity index is 1.68. The van der Waals surface area contributed by atoms with Crippen LogP contribution in [0.4, 0.5) is 0 Å². The van der Waals surface area contributed by atoms with E-state index in [1.165, 1.54) is 51.5 Å². The molecule has 1 N–H and O–H groups in total. The lowest BCUT2D eigenvalue weighted by Crippen LogP contribution is -2.55. The molecule has 17 heavy (non-hydrogen) atoms. The summed E-state index contributed by atoms with van der Waals surface area (Å²) in [5, 5.41) is 10.6. The molecule has 0 heterocycles. The molecular formula is C15H27NO. The Hall–Kier alpha value is -0.0800. The zero-order valence-corrected chi connectivity index (χ0v) is 11.4. The van der Waals surface area contributed by atoms with Crippen LogP contribution in [-0.4, -0.2) is 36.8 Å². The number of aliphatic hydroxyl groups is 1. The van der Waals surface area contributed by atoms with Gasteiger partial charge in [-0.15, -0.1) is 0 Å². The Morgan fingerprint density at radius 1 is 1.12 bits per heavy atom. The fourth-order valence-electron chi connectivity index (χ4n) is 5.28. The van der Waals surface area contributed by atoms with Crippen molar-refractivity contribution in [2.24, 2.45) is 23.2 Å². The van der Waals surface area contributed by atoms with Gasteiger partial charge in [0.05, 0.1) is 6.10 Å². The van der Waals surface area contributed by atoms with Crippen molar-refractivity contribution in [3.63, 3.8) is 0 Å². The van der Waals surface area contributed by atoms with Crippen LogP contribution in [0.1, 0.15) is 44.9 Å². The van der Waals surface area contributed by atoms with Crippen LogP contribution in [0.25, 0.3) is 0 Å². The third kappa shape index (κ3) is 2.04. The Bertz CT molecular complexity index is 275. The van der Waals surface area contributed by atoms with Crippen molar-refractivity contribution < 1.29 is 5.11 Å². The maximum absolute atomic E-state index is 10.6. The summed E-state index contributed by atoms with van der Waals surface area (Å²) in [6.45, 7) is 1.18. The molecule has 2 nitrogen and oxygen atoms in total. The number of hydrogen-bond acceptors (Lipinski definition) is 2. The number of rotatable bonds is 4. The van der Waals surface area contributed by atoms with Gasteiger partial charge in [0.15, 0.2) is 0 Å². The van der Waals surface area contributed by atoms with Crippen molar-refractivity contribution in [3.8, 4) is 0 Å². The van der Waals surface area contributed by atoms with Crippen molar-refractivity contribution in [2.45, 2.75) is 51.0 Å². The number of aliphatic hydroxyl groups excluding tert-OH is 1. The molecule has 0 aromatic heterocycles. The van der Waals surface area contributed by atoms with Gasteiger partial charge in [0.25, 0.3) is 0 Å². The van der Waals surface area contributed by atoms with Crippen molar-refractivity contribution >= 4 is 0 Å². The molecule has 4 aliphatic rings. The molecule has 4 fully saturated rings. The first-order valence-corrected chi connectivity index (χ1v) is 7.42. The second kappa shape index (κ2) is 4.24. The van der Waals surface area contributed by atoms with E-state index >= 15 is 0 Å². The van der Waals surface area contributed by atoms with Gasteiger partial charge in [0.1, 0.15) is 0 Å². The van der Waals surface area contributed by atoms with Crippen molar-refractivity contribution in [3.05, 3.63) is 0 Å². The third-order valence-corrected chi connectivity index (χ3v) is 5.68. The monoisotopic (exact) mass is 237 g/mol. The van der Waals surface area contributed by atoms with E-state index in [9.17, 15) is 5.11 Å². The maximum atomic E-state index is 10.6. The smallest absolute Gasteiger partial charge is 0.0624 e. The zero-order chi connectivity index (χ0) is 12.0. The lowest BCUT2D eigenvalue weighted by molar-refractivity contribution is -0.159. The van der Waals surface area contributed by atoms with E-state index in [-0.39, 0.29) is 6.10 Å². The maximum Gasteiger partial charge on any atom is 0.0624 e. The summed E-state index contributed by atoms with van der Waals surface area (Å²) in [5.41, 5.74) is 0.324. The molecule has 2 unspecified atom stereocenters. The molecule has 0 saturated heterocycles. The summed E-state index contributed by atoms with van der Waals surface area (Å²) in [7, 11) is 4.30. The minimum Gasteiger partial charge on any atom is -0.392 e. The average Bonchev–Trinajstić information content (AvgIpc) is 2.24. The topological polar surface area (TPSA) is 23.5 Å². The highest BCUT2D eigenvalue weighted by Crippen LogP contribution is 2.61. The van der Waals surface area contributed by atoms with Crippen LogP contribution in [0.15, 0.2) is 0 Å². The molecule has 0 spiro atoms. The van der Waals surface area contributed by atoms with E-state index in [0.717, 1.165) is 11.8 Å². The normalized spacial score (nSPS) is 48.0. The largest absolute Gasteiger partial charge is 0.392 e. The Labute approximate surface area is 105 Å². The summed E-state index contributed by atoms with van der Waals surface area (Å²) in [5.74, 6) is 2.56. The molecule has 4 bridgehead atoms. The number of nitrogens with zero attached hydrogens (tertiary/aromatic N) is 1. The van der Waals surface area contributed by atoms with Crippen molar-refractivity contribution in [1.29, 1.82) is 0 Å². The molecule has 4 aliphatic carbocycles. The molecule has 0 amide bonds. The van der Waals surface area contributed by atoms with E-state index in [1.54, 1.807) is 0 Å². The van der Waals surface area contributed by atoms with Gasteiger partial charge in [0, 0.05) is 0 Å². The second-order valence-corrected chi connectivity index (χ2v) is 7.32. The average molecular weight is 237 g/mol. The predicted molar refractivity (Wildman–Crippen MR) is 69.8 cm³/mol. The van der Waals surface area contributed by atoms with Crippen LogP contribution in [0.3, 0.4) is 0 Å². The molecule has 98 valence electrons. The molecule has 0 radical (unpaired) electrons. The first-order valence-electron chi connectivity index (χ1n) is 7.42. The zero-order valence-electron chi connectivity index (χ0n) is 11.4. The summed E-state index contributed by atoms with van der Waals surface area (Å²) in [6, 6.07) is 0. The minimum absolute atomic E-state index is 0.0254. The fourth-order valence-corrected chi connectivity index (χ4v) is 5.28. The molecule has 0 aromatic carbocycles. The van der Waals surface area contributed by atoms with Gasteiger partial charge < -0.3 is 10.0 Å². The van der Waals surface area contributed by atoms with Gasteiger partial charge in [-0.3, -0.25) is 0 Å². The molecule has 5 atom stereocenters. The highest BCUT2D eigenvalue weighted by molar-refractivity contribution is 5.06. The second-order valence-electron chi connectivity index (χ2n) is 7.32. The summed E-state index contributed by atoms with van der Waals surface area (Å²) in [4.78, 5) is 2.27. The third-order valence-electron chi connectivity index (χ3n) is 5.68. The van der Waals surface area contributed by atoms with Gasteiger partial charge >= 0.3 is 0 Å². The van der Waals surface area contributed by atoms with E-state index in [4.69, 9.17) is 0 Å². The van der Waals surface area contributed by atoms with Crippen LogP contribution in [0.5, 0.6) is 0 Å². The highest BCUT2D eigenvalue weighted by atomic mass is 16.3. The lowest BCUT2D eigenvalue weighted by atomic mass is 9.47. The van der Waals surface area contributed by atoms with Crippen LogP contribution < -0.4 is 0 Å². The van der Waals surface area contributed by atoms with Gasteiger partial charge in [-0.2, -0.15) is 0 Å². The van der Waals surface area contributed by atoms with Crippen LogP contribution in [-0.2, 0) is 0 Å². The first-order chi connectivity index (χ1) is 8.09. The summed E-state index contributed by atoms with van der Waals surface area (Å²) < 4.78 is 0. The van der Waals surface area contributed by atoms with Crippen molar-refractivity contribution in [2.75, 3.05) is 20.6 Å². The fraction of sp³-hybridized carbons (Fsp3) is 1.00. The van der Waals surface area contributed by atoms with Crippen LogP contribution in [0.2, 0.25) is 0 Å². The Kier molecular flexibility index (Phi) is 2.99. The van der Waals surface area contributed by atoms with Crippen LogP contribution in [0, 0.1) is 23.2 Å². The van der Waals surface area contributed by atoms with Gasteiger partial charge in [-0.05, 0) is 88.8 Å². The van der Waals surface area contributed by atoms with E-state index in [1.807, 2.05) is 0 Å². The van der Waals surface area contributed by atoms with E-state index < -0.39 is 0 Å². The predicted octanol–water partition coefficient (Wildman–Crippen LogP) is 2.52. The standard InChI is InChI=1S/C15H27NO/c1-16(2)5-3-4-15-9-11-6-12(10-15)8-13(7-11)14(15)17/h11-14,17H,3-10H2,1-2H3/t11-,12+,13?,14-,15?/m1/s1. The van der Waals surface area contributed by atoms with Gasteiger partial charge in [-0.1, -0.05) is 0 Å². The summed E-state index contributed by atoms with van der Waals surface area (Å²) in [6.07, 6.45) is 9.33. The molecule has 0 aliphatic heterocycles. The highest BCUT2D eigenvalue weighted by Gasteiger charge is 2.55. The summed E-state index contributed by atoms with van der Waals surface area (Å²) >= 11 is 0. The minimum atomic E-state index is 0.0254. The molecule has 0 aromatic rings. The quantitative estimate of drug-likeness (QED) is 0.812. The molecule has 4 saturated carbocycles. The van der Waals surface area contributed by atoms with Crippen LogP contribution >= 0.6 is 0 Å². The Morgan fingerprint density at radius 3 is 2.35 bits per heavy atom. The molecule has 2 heteroatoms. The molecular weight excluding hydrogens is 210 g/mol. The van der Waals surface area contributed by atoms with Gasteiger partial charge in [-0.25, -0.2) is 0 Å². The van der Waals surface area contributed by atoms with Gasteiger partial charge in [0.2, 0.25) is 0 Å². The van der Waals surface area contributed by atoms with E-state index in [0.29, 0.717) is 11.3 Å². The Morgan fingerprint density at radius 2 is 1.76 bits per heavy atom.